The summed E-state index contributed by atoms with van der Waals surface area (Å²) in [7, 11) is 0. The van der Waals surface area contributed by atoms with Crippen molar-refractivity contribution in [1.29, 1.82) is 0 Å². The number of rotatable bonds is 2. The summed E-state index contributed by atoms with van der Waals surface area (Å²) in [4.78, 5) is 8.80. The molecule has 0 saturated heterocycles. The van der Waals surface area contributed by atoms with E-state index < -0.39 is 5.82 Å². The molecule has 1 aliphatic rings. The van der Waals surface area contributed by atoms with Crippen molar-refractivity contribution in [1.82, 2.24) is 15.2 Å². The molecule has 6 nitrogen and oxygen atoms in total. The maximum absolute atomic E-state index is 14.4. The van der Waals surface area contributed by atoms with Gasteiger partial charge in [0.25, 0.3) is 0 Å². The predicted octanol–water partition coefficient (Wildman–Crippen LogP) is 3.29. The van der Waals surface area contributed by atoms with Crippen molar-refractivity contribution in [2.24, 2.45) is 0 Å². The van der Waals surface area contributed by atoms with Crippen LogP contribution in [0.4, 0.5) is 10.2 Å². The van der Waals surface area contributed by atoms with Crippen LogP contribution in [0, 0.1) is 12.0 Å². The topological polar surface area (TPSA) is 76.9 Å². The smallest absolute Gasteiger partial charge is 0.412 e. The van der Waals surface area contributed by atoms with Crippen LogP contribution in [-0.2, 0) is 0 Å². The molecule has 8 heteroatoms. The summed E-state index contributed by atoms with van der Waals surface area (Å²) >= 11 is 6.06. The second-order valence-electron chi connectivity index (χ2n) is 6.09. The number of nitrogens with zero attached hydrogens (tertiary/aromatic N) is 3. The van der Waals surface area contributed by atoms with Crippen LogP contribution < -0.4 is 15.0 Å². The molecule has 4 aromatic rings. The Morgan fingerprint density at radius 2 is 2.15 bits per heavy atom. The van der Waals surface area contributed by atoms with Gasteiger partial charge >= 0.3 is 5.65 Å². The first kappa shape index (κ1) is 15.9. The lowest BCUT2D eigenvalue weighted by Gasteiger charge is -2.21. The number of H-pyrrole nitrogens is 1. The average molecular weight is 381 g/mol. The number of halogens is 2. The molecule has 0 atom stereocenters. The molecule has 27 heavy (non-hydrogen) atoms. The number of ether oxygens (including phenoxy) is 1. The fourth-order valence-electron chi connectivity index (χ4n) is 3.08. The molecule has 132 valence electrons. The maximum atomic E-state index is 14.4. The number of benzene rings is 1. The molecule has 0 fully saturated rings. The molecule has 0 unspecified atom stereocenters. The van der Waals surface area contributed by atoms with Gasteiger partial charge in [0.05, 0.1) is 24.0 Å². The van der Waals surface area contributed by atoms with Crippen molar-refractivity contribution < 1.29 is 14.1 Å². The van der Waals surface area contributed by atoms with Gasteiger partial charge in [-0.25, -0.2) is 9.37 Å². The van der Waals surface area contributed by atoms with E-state index in [1.165, 1.54) is 12.1 Å². The maximum Gasteiger partial charge on any atom is 0.412 e. The first-order valence-corrected chi connectivity index (χ1v) is 8.66. The summed E-state index contributed by atoms with van der Waals surface area (Å²) in [6.07, 6.45) is 4.68. The SMILES string of the molecule is Fc1ccc(Cl)cc1-c1cc(-c2c#[n+]c3[nH]ncc3c2)c2c(n1)NCCO2. The summed E-state index contributed by atoms with van der Waals surface area (Å²) < 4.78 is 20.2. The van der Waals surface area contributed by atoms with E-state index in [0.29, 0.717) is 52.2 Å². The summed E-state index contributed by atoms with van der Waals surface area (Å²) in [6, 6.07) is 8.05. The molecule has 0 aliphatic carbocycles. The standard InChI is InChI=1S/C19H11ClFN5O/c20-12-1-2-15(21)14(6-12)16-7-13(17-19(25-16)22-3-4-27-17)10-5-11-9-24-26-18(11)23-8-10/h1-2,5-7,9H,3-4H2,(H,22,25)/p+1. The van der Waals surface area contributed by atoms with E-state index in [4.69, 9.17) is 16.3 Å². The second kappa shape index (κ2) is 6.11. The third kappa shape index (κ3) is 2.71. The molecule has 0 bridgehead atoms. The summed E-state index contributed by atoms with van der Waals surface area (Å²) in [5.74, 6) is 0.740. The summed E-state index contributed by atoms with van der Waals surface area (Å²) in [5, 5.41) is 11.3. The zero-order valence-electron chi connectivity index (χ0n) is 13.9. The Hall–Kier alpha value is -3.37. The highest BCUT2D eigenvalue weighted by Gasteiger charge is 2.22. The number of aromatic nitrogens is 4. The quantitative estimate of drug-likeness (QED) is 0.558. The number of hydrogen-bond acceptors (Lipinski definition) is 4. The fraction of sp³-hybridized carbons (Fsp3) is 0.105. The van der Waals surface area contributed by atoms with E-state index in [0.717, 1.165) is 10.9 Å². The van der Waals surface area contributed by atoms with E-state index in [9.17, 15) is 4.39 Å². The molecular weight excluding hydrogens is 369 g/mol. The largest absolute Gasteiger partial charge is 0.487 e. The van der Waals surface area contributed by atoms with Gasteiger partial charge in [-0.1, -0.05) is 16.7 Å². The normalized spacial score (nSPS) is 12.8. The molecule has 0 spiro atoms. The number of pyridine rings is 1. The lowest BCUT2D eigenvalue weighted by molar-refractivity contribution is -0.261. The van der Waals surface area contributed by atoms with Crippen molar-refractivity contribution in [3.05, 3.63) is 53.6 Å². The first-order chi connectivity index (χ1) is 13.2. The van der Waals surface area contributed by atoms with Crippen LogP contribution in [0.25, 0.3) is 33.4 Å². The number of anilines is 1. The van der Waals surface area contributed by atoms with E-state index in [-0.39, 0.29) is 0 Å². The van der Waals surface area contributed by atoms with Crippen molar-refractivity contribution in [3.63, 3.8) is 0 Å². The second-order valence-corrected chi connectivity index (χ2v) is 6.52. The van der Waals surface area contributed by atoms with Crippen molar-refractivity contribution in [2.75, 3.05) is 18.5 Å². The molecular formula is C19H12ClFN5O+. The number of aromatic amines is 1. The van der Waals surface area contributed by atoms with Gasteiger partial charge in [0.2, 0.25) is 0 Å². The molecule has 0 amide bonds. The van der Waals surface area contributed by atoms with E-state index in [2.05, 4.69) is 31.7 Å². The van der Waals surface area contributed by atoms with E-state index in [1.807, 2.05) is 6.07 Å². The summed E-state index contributed by atoms with van der Waals surface area (Å²) in [5.41, 5.74) is 2.83. The molecule has 5 rings (SSSR count). The molecule has 1 aliphatic heterocycles. The van der Waals surface area contributed by atoms with Crippen LogP contribution in [0.5, 0.6) is 5.75 Å². The molecule has 1 aromatic carbocycles. The Morgan fingerprint density at radius 1 is 1.22 bits per heavy atom. The van der Waals surface area contributed by atoms with Gasteiger partial charge in [0.15, 0.2) is 17.8 Å². The van der Waals surface area contributed by atoms with E-state index in [1.54, 1.807) is 18.3 Å². The molecule has 0 radical (unpaired) electrons. The number of fused-ring (bicyclic) bond motifs is 2. The van der Waals surface area contributed by atoms with Crippen LogP contribution in [-0.4, -0.2) is 28.3 Å². The Bertz CT molecular complexity index is 1180. The van der Waals surface area contributed by atoms with Gasteiger partial charge in [-0.3, -0.25) is 0 Å². The summed E-state index contributed by atoms with van der Waals surface area (Å²) in [6.45, 7) is 1.12. The van der Waals surface area contributed by atoms with Gasteiger partial charge in [-0.05, 0) is 30.3 Å². The Labute approximate surface area is 158 Å². The van der Waals surface area contributed by atoms with Gasteiger partial charge in [0, 0.05) is 16.1 Å². The van der Waals surface area contributed by atoms with Crippen molar-refractivity contribution in [2.45, 2.75) is 0 Å². The van der Waals surface area contributed by atoms with Crippen molar-refractivity contribution >= 4 is 28.5 Å². The van der Waals surface area contributed by atoms with Crippen LogP contribution >= 0.6 is 11.6 Å². The Morgan fingerprint density at radius 3 is 3.07 bits per heavy atom. The highest BCUT2D eigenvalue weighted by molar-refractivity contribution is 6.30. The van der Waals surface area contributed by atoms with Gasteiger partial charge in [0.1, 0.15) is 17.8 Å². The highest BCUT2D eigenvalue weighted by atomic mass is 35.5. The zero-order valence-corrected chi connectivity index (χ0v) is 14.6. The Kier molecular flexibility index (Phi) is 3.59. The minimum atomic E-state index is -0.401. The third-order valence-corrected chi connectivity index (χ3v) is 4.58. The minimum absolute atomic E-state index is 0.316. The van der Waals surface area contributed by atoms with Gasteiger partial charge in [-0.15, -0.1) is 5.10 Å². The Balaban J connectivity index is 1.75. The van der Waals surface area contributed by atoms with Gasteiger partial charge in [-0.2, -0.15) is 4.98 Å². The average Bonchev–Trinajstić information content (AvgIpc) is 3.17. The molecule has 0 saturated carbocycles. The molecule has 2 N–H and O–H groups in total. The lowest BCUT2D eigenvalue weighted by Crippen LogP contribution is -2.20. The lowest BCUT2D eigenvalue weighted by atomic mass is 10.0. The van der Waals surface area contributed by atoms with Crippen LogP contribution in [0.1, 0.15) is 0 Å². The predicted molar refractivity (Wildman–Crippen MR) is 98.1 cm³/mol. The van der Waals surface area contributed by atoms with Crippen LogP contribution in [0.15, 0.2) is 36.5 Å². The minimum Gasteiger partial charge on any atom is -0.487 e. The van der Waals surface area contributed by atoms with Crippen molar-refractivity contribution in [3.8, 4) is 28.1 Å². The zero-order chi connectivity index (χ0) is 18.4. The monoisotopic (exact) mass is 380 g/mol. The van der Waals surface area contributed by atoms with Crippen LogP contribution in [0.2, 0.25) is 5.02 Å². The molecule has 3 aromatic heterocycles. The molecule has 4 heterocycles. The van der Waals surface area contributed by atoms with Crippen LogP contribution in [0.3, 0.4) is 0 Å². The number of nitrogens with one attached hydrogen (secondary N) is 2. The first-order valence-electron chi connectivity index (χ1n) is 8.28. The fourth-order valence-corrected chi connectivity index (χ4v) is 3.25. The third-order valence-electron chi connectivity index (χ3n) is 4.34. The van der Waals surface area contributed by atoms with Gasteiger partial charge < -0.3 is 10.1 Å². The number of hydrogen-bond donors (Lipinski definition) is 2. The van der Waals surface area contributed by atoms with E-state index >= 15 is 0 Å². The highest BCUT2D eigenvalue weighted by Crippen LogP contribution is 2.40.